The Bertz CT molecular complexity index is 529. The van der Waals surface area contributed by atoms with E-state index in [4.69, 9.17) is 0 Å². The van der Waals surface area contributed by atoms with Crippen molar-refractivity contribution in [1.29, 1.82) is 0 Å². The largest absolute Gasteiger partial charge is 0.393 e. The minimum atomic E-state index is -0.407. The molecule has 9 atom stereocenters. The normalized spacial score (nSPS) is 58.9. The number of aliphatic hydroxyl groups excluding tert-OH is 3. The van der Waals surface area contributed by atoms with Gasteiger partial charge in [-0.05, 0) is 73.0 Å². The molecule has 0 bridgehead atoms. The molecular formula is C20H32O3. The Hall–Kier alpha value is -0.380. The highest BCUT2D eigenvalue weighted by Crippen LogP contribution is 2.65. The van der Waals surface area contributed by atoms with E-state index in [0.29, 0.717) is 17.8 Å². The molecule has 0 saturated heterocycles. The first-order chi connectivity index (χ1) is 10.8. The molecule has 4 rings (SSSR count). The lowest BCUT2D eigenvalue weighted by atomic mass is 9.47. The monoisotopic (exact) mass is 320 g/mol. The molecule has 3 nitrogen and oxygen atoms in total. The Labute approximate surface area is 139 Å². The number of fused-ring (bicyclic) bond motifs is 5. The lowest BCUT2D eigenvalue weighted by molar-refractivity contribution is -0.107. The standard InChI is InChI=1S/C20H32O3/c1-11-8-15-17-14(5-7-20(15,3)18(11)23)19(2)6-4-13(21)9-12(19)10-16(17)22/h10-11,13-18,21-23H,4-9H2,1-3H3/t11?,13?,14-,15+,16?,17-,18?,19+,20+/m1/s1. The van der Waals surface area contributed by atoms with Crippen molar-refractivity contribution < 1.29 is 15.3 Å². The van der Waals surface area contributed by atoms with Gasteiger partial charge >= 0.3 is 0 Å². The first kappa shape index (κ1) is 16.1. The van der Waals surface area contributed by atoms with Crippen molar-refractivity contribution in [2.75, 3.05) is 0 Å². The van der Waals surface area contributed by atoms with E-state index < -0.39 is 6.10 Å². The van der Waals surface area contributed by atoms with Crippen LogP contribution in [0.25, 0.3) is 0 Å². The fourth-order valence-electron chi connectivity index (χ4n) is 6.97. The summed E-state index contributed by atoms with van der Waals surface area (Å²) in [6.07, 6.45) is 7.07. The molecule has 3 saturated carbocycles. The van der Waals surface area contributed by atoms with Crippen LogP contribution in [-0.2, 0) is 0 Å². The molecule has 0 aromatic rings. The molecule has 4 aliphatic carbocycles. The number of hydrogen-bond acceptors (Lipinski definition) is 3. The summed E-state index contributed by atoms with van der Waals surface area (Å²) in [5.41, 5.74) is 1.40. The Morgan fingerprint density at radius 2 is 1.78 bits per heavy atom. The topological polar surface area (TPSA) is 60.7 Å². The van der Waals surface area contributed by atoms with Gasteiger partial charge in [0, 0.05) is 0 Å². The van der Waals surface area contributed by atoms with Crippen LogP contribution in [0, 0.1) is 34.5 Å². The summed E-state index contributed by atoms with van der Waals surface area (Å²) < 4.78 is 0. The van der Waals surface area contributed by atoms with Gasteiger partial charge < -0.3 is 15.3 Å². The zero-order valence-corrected chi connectivity index (χ0v) is 14.7. The Morgan fingerprint density at radius 3 is 2.52 bits per heavy atom. The molecule has 0 aromatic carbocycles. The summed E-state index contributed by atoms with van der Waals surface area (Å²) in [7, 11) is 0. The third-order valence-electron chi connectivity index (χ3n) is 8.38. The maximum Gasteiger partial charge on any atom is 0.0757 e. The number of hydrogen-bond donors (Lipinski definition) is 3. The maximum atomic E-state index is 10.9. The van der Waals surface area contributed by atoms with Crippen molar-refractivity contribution in [3.8, 4) is 0 Å². The molecule has 3 fully saturated rings. The quantitative estimate of drug-likeness (QED) is 0.602. The first-order valence-electron chi connectivity index (χ1n) is 9.53. The van der Waals surface area contributed by atoms with Crippen molar-refractivity contribution in [3.05, 3.63) is 11.6 Å². The summed E-state index contributed by atoms with van der Waals surface area (Å²) in [5.74, 6) is 1.53. The van der Waals surface area contributed by atoms with Gasteiger partial charge in [0.1, 0.15) is 0 Å². The highest BCUT2D eigenvalue weighted by atomic mass is 16.3. The van der Waals surface area contributed by atoms with Gasteiger partial charge in [-0.15, -0.1) is 0 Å². The highest BCUT2D eigenvalue weighted by molar-refractivity contribution is 5.28. The van der Waals surface area contributed by atoms with Gasteiger partial charge in [-0.2, -0.15) is 0 Å². The predicted molar refractivity (Wildman–Crippen MR) is 89.7 cm³/mol. The average Bonchev–Trinajstić information content (AvgIpc) is 2.73. The van der Waals surface area contributed by atoms with Crippen LogP contribution in [0.5, 0.6) is 0 Å². The van der Waals surface area contributed by atoms with E-state index in [1.165, 1.54) is 5.57 Å². The van der Waals surface area contributed by atoms with Crippen LogP contribution in [0.4, 0.5) is 0 Å². The first-order valence-corrected chi connectivity index (χ1v) is 9.53. The smallest absolute Gasteiger partial charge is 0.0757 e. The van der Waals surface area contributed by atoms with Crippen LogP contribution >= 0.6 is 0 Å². The van der Waals surface area contributed by atoms with E-state index >= 15 is 0 Å². The van der Waals surface area contributed by atoms with Crippen LogP contribution in [0.2, 0.25) is 0 Å². The van der Waals surface area contributed by atoms with E-state index in [1.54, 1.807) is 0 Å². The lowest BCUT2D eigenvalue weighted by Gasteiger charge is -2.58. The van der Waals surface area contributed by atoms with Gasteiger partial charge in [-0.3, -0.25) is 0 Å². The SMILES string of the molecule is CC1C[C@H]2[C@@H]3C(O)C=C4CC(O)CC[C@]4(C)[C@@H]3CC[C@]2(C)C1O. The molecular weight excluding hydrogens is 288 g/mol. The van der Waals surface area contributed by atoms with Gasteiger partial charge in [0.05, 0.1) is 18.3 Å². The zero-order chi connectivity index (χ0) is 16.6. The number of rotatable bonds is 0. The van der Waals surface area contributed by atoms with Crippen molar-refractivity contribution >= 4 is 0 Å². The second-order valence-corrected chi connectivity index (χ2v) is 9.49. The number of aliphatic hydroxyl groups is 3. The molecule has 0 heterocycles. The minimum Gasteiger partial charge on any atom is -0.393 e. The van der Waals surface area contributed by atoms with Crippen molar-refractivity contribution in [1.82, 2.24) is 0 Å². The zero-order valence-electron chi connectivity index (χ0n) is 14.7. The lowest BCUT2D eigenvalue weighted by Crippen LogP contribution is -2.55. The maximum absolute atomic E-state index is 10.9. The molecule has 0 spiro atoms. The van der Waals surface area contributed by atoms with E-state index in [-0.39, 0.29) is 29.0 Å². The van der Waals surface area contributed by atoms with Gasteiger partial charge in [0.15, 0.2) is 0 Å². The van der Waals surface area contributed by atoms with Crippen LogP contribution in [0.3, 0.4) is 0 Å². The second-order valence-electron chi connectivity index (χ2n) is 9.49. The fourth-order valence-corrected chi connectivity index (χ4v) is 6.97. The predicted octanol–water partition coefficient (Wildman–Crippen LogP) is 2.89. The highest BCUT2D eigenvalue weighted by Gasteiger charge is 2.61. The third kappa shape index (κ3) is 2.06. The van der Waals surface area contributed by atoms with Crippen molar-refractivity contribution in [2.24, 2.45) is 34.5 Å². The summed E-state index contributed by atoms with van der Waals surface area (Å²) in [4.78, 5) is 0. The molecule has 0 amide bonds. The van der Waals surface area contributed by atoms with Gasteiger partial charge in [0.2, 0.25) is 0 Å². The second kappa shape index (κ2) is 5.06. The minimum absolute atomic E-state index is 0.0303. The van der Waals surface area contributed by atoms with E-state index in [1.807, 2.05) is 0 Å². The van der Waals surface area contributed by atoms with Crippen molar-refractivity contribution in [2.45, 2.75) is 77.6 Å². The summed E-state index contributed by atoms with van der Waals surface area (Å²) >= 11 is 0. The van der Waals surface area contributed by atoms with E-state index in [2.05, 4.69) is 26.8 Å². The summed E-state index contributed by atoms with van der Waals surface area (Å²) in [5, 5.41) is 31.7. The summed E-state index contributed by atoms with van der Waals surface area (Å²) in [6, 6.07) is 0. The summed E-state index contributed by atoms with van der Waals surface area (Å²) in [6.45, 7) is 6.78. The molecule has 4 unspecified atom stereocenters. The van der Waals surface area contributed by atoms with Gasteiger partial charge in [0.25, 0.3) is 0 Å². The molecule has 23 heavy (non-hydrogen) atoms. The van der Waals surface area contributed by atoms with Crippen LogP contribution < -0.4 is 0 Å². The van der Waals surface area contributed by atoms with Crippen molar-refractivity contribution in [3.63, 3.8) is 0 Å². The Kier molecular flexibility index (Phi) is 3.54. The molecule has 4 aliphatic rings. The molecule has 0 radical (unpaired) electrons. The van der Waals surface area contributed by atoms with E-state index in [9.17, 15) is 15.3 Å². The van der Waals surface area contributed by atoms with Gasteiger partial charge in [-0.25, -0.2) is 0 Å². The van der Waals surface area contributed by atoms with Crippen LogP contribution in [0.15, 0.2) is 11.6 Å². The average molecular weight is 320 g/mol. The molecule has 3 N–H and O–H groups in total. The molecule has 130 valence electrons. The van der Waals surface area contributed by atoms with Crippen LogP contribution in [-0.4, -0.2) is 33.6 Å². The van der Waals surface area contributed by atoms with Crippen LogP contribution in [0.1, 0.15) is 59.3 Å². The third-order valence-corrected chi connectivity index (χ3v) is 8.38. The Morgan fingerprint density at radius 1 is 1.04 bits per heavy atom. The molecule has 0 aliphatic heterocycles. The fraction of sp³-hybridized carbons (Fsp3) is 0.900. The van der Waals surface area contributed by atoms with Gasteiger partial charge in [-0.1, -0.05) is 32.4 Å². The molecule has 0 aromatic heterocycles. The Balaban J connectivity index is 1.73. The molecule has 3 heteroatoms. The van der Waals surface area contributed by atoms with E-state index in [0.717, 1.165) is 38.5 Å².